The normalized spacial score (nSPS) is 14.0. The first kappa shape index (κ1) is 16.4. The van der Waals surface area contributed by atoms with Gasteiger partial charge in [-0.1, -0.05) is 12.1 Å². The maximum Gasteiger partial charge on any atom is 0.230 e. The summed E-state index contributed by atoms with van der Waals surface area (Å²) in [5, 5.41) is 15.0. The molecule has 2 aromatic rings. The van der Waals surface area contributed by atoms with Gasteiger partial charge < -0.3 is 15.7 Å². The van der Waals surface area contributed by atoms with Crippen LogP contribution in [-0.4, -0.2) is 22.7 Å². The van der Waals surface area contributed by atoms with Crippen LogP contribution in [-0.2, 0) is 16.0 Å². The molecule has 0 saturated carbocycles. The Kier molecular flexibility index (Phi) is 4.76. The van der Waals surface area contributed by atoms with Crippen molar-refractivity contribution in [2.45, 2.75) is 24.3 Å². The quantitative estimate of drug-likeness (QED) is 0.730. The van der Waals surface area contributed by atoms with Gasteiger partial charge in [0.1, 0.15) is 5.75 Å². The number of rotatable bonds is 5. The predicted octanol–water partition coefficient (Wildman–Crippen LogP) is 2.86. The lowest BCUT2D eigenvalue weighted by molar-refractivity contribution is -0.119. The molecule has 0 spiro atoms. The third kappa shape index (κ3) is 3.89. The summed E-state index contributed by atoms with van der Waals surface area (Å²) in [5.74, 6) is 0.460. The van der Waals surface area contributed by atoms with E-state index < -0.39 is 0 Å². The highest BCUT2D eigenvalue weighted by molar-refractivity contribution is 8.00. The standard InChI is InChI=1S/C18H18N2O3S/c1-11(12-2-7-16-13(8-12)9-17(22)20-16)19-18(23)10-24-15-5-3-14(21)4-6-15/h2-8,11,21H,9-10H2,1H3,(H,19,23)(H,20,22)/t11-/m1/s1. The summed E-state index contributed by atoms with van der Waals surface area (Å²) < 4.78 is 0. The number of phenols is 1. The van der Waals surface area contributed by atoms with Gasteiger partial charge in [0.15, 0.2) is 0 Å². The number of amides is 2. The number of hydrogen-bond donors (Lipinski definition) is 3. The summed E-state index contributed by atoms with van der Waals surface area (Å²) in [6.45, 7) is 1.93. The number of thioether (sulfide) groups is 1. The molecular formula is C18H18N2O3S. The van der Waals surface area contributed by atoms with Crippen LogP contribution in [0, 0.1) is 0 Å². The maximum absolute atomic E-state index is 12.1. The molecule has 0 radical (unpaired) electrons. The number of hydrogen-bond acceptors (Lipinski definition) is 4. The molecule has 24 heavy (non-hydrogen) atoms. The van der Waals surface area contributed by atoms with Gasteiger partial charge in [0.05, 0.1) is 18.2 Å². The molecule has 3 rings (SSSR count). The summed E-state index contributed by atoms with van der Waals surface area (Å²) in [5.41, 5.74) is 2.80. The van der Waals surface area contributed by atoms with Gasteiger partial charge in [-0.2, -0.15) is 0 Å². The number of carbonyl (C=O) groups excluding carboxylic acids is 2. The highest BCUT2D eigenvalue weighted by Crippen LogP contribution is 2.26. The Hall–Kier alpha value is -2.47. The predicted molar refractivity (Wildman–Crippen MR) is 94.2 cm³/mol. The van der Waals surface area contributed by atoms with Crippen molar-refractivity contribution in [3.63, 3.8) is 0 Å². The molecule has 124 valence electrons. The summed E-state index contributed by atoms with van der Waals surface area (Å²) >= 11 is 1.42. The lowest BCUT2D eigenvalue weighted by Crippen LogP contribution is -2.28. The number of anilines is 1. The second kappa shape index (κ2) is 6.97. The van der Waals surface area contributed by atoms with Gasteiger partial charge in [0, 0.05) is 10.6 Å². The number of fused-ring (bicyclic) bond motifs is 1. The van der Waals surface area contributed by atoms with Crippen LogP contribution in [0.4, 0.5) is 5.69 Å². The second-order valence-corrected chi connectivity index (χ2v) is 6.76. The summed E-state index contributed by atoms with van der Waals surface area (Å²) in [6, 6.07) is 12.4. The molecular weight excluding hydrogens is 324 g/mol. The van der Waals surface area contributed by atoms with E-state index in [1.54, 1.807) is 24.3 Å². The van der Waals surface area contributed by atoms with Gasteiger partial charge in [0.25, 0.3) is 0 Å². The molecule has 1 aliphatic rings. The average molecular weight is 342 g/mol. The maximum atomic E-state index is 12.1. The van der Waals surface area contributed by atoms with Crippen LogP contribution in [0.25, 0.3) is 0 Å². The van der Waals surface area contributed by atoms with Crippen molar-refractivity contribution in [2.24, 2.45) is 0 Å². The van der Waals surface area contributed by atoms with Gasteiger partial charge in [0.2, 0.25) is 11.8 Å². The molecule has 0 fully saturated rings. The van der Waals surface area contributed by atoms with Gasteiger partial charge in [-0.25, -0.2) is 0 Å². The zero-order valence-electron chi connectivity index (χ0n) is 13.2. The van der Waals surface area contributed by atoms with Crippen molar-refractivity contribution in [1.29, 1.82) is 0 Å². The fourth-order valence-corrected chi connectivity index (χ4v) is 3.29. The van der Waals surface area contributed by atoms with Crippen molar-refractivity contribution in [1.82, 2.24) is 5.32 Å². The minimum atomic E-state index is -0.126. The molecule has 3 N–H and O–H groups in total. The Morgan fingerprint density at radius 3 is 2.79 bits per heavy atom. The molecule has 2 amide bonds. The van der Waals surface area contributed by atoms with Crippen LogP contribution < -0.4 is 10.6 Å². The molecule has 2 aromatic carbocycles. The number of benzene rings is 2. The smallest absolute Gasteiger partial charge is 0.230 e. The molecule has 1 heterocycles. The lowest BCUT2D eigenvalue weighted by Gasteiger charge is -2.15. The van der Waals surface area contributed by atoms with Gasteiger partial charge >= 0.3 is 0 Å². The van der Waals surface area contributed by atoms with E-state index in [0.29, 0.717) is 12.2 Å². The molecule has 6 heteroatoms. The fourth-order valence-electron chi connectivity index (χ4n) is 2.58. The van der Waals surface area contributed by atoms with Crippen LogP contribution in [0.3, 0.4) is 0 Å². The van der Waals surface area contributed by atoms with Crippen LogP contribution in [0.5, 0.6) is 5.75 Å². The fraction of sp³-hybridized carbons (Fsp3) is 0.222. The number of aromatic hydroxyl groups is 1. The monoisotopic (exact) mass is 342 g/mol. The Morgan fingerprint density at radius 2 is 2.04 bits per heavy atom. The van der Waals surface area contributed by atoms with Gasteiger partial charge in [-0.15, -0.1) is 11.8 Å². The van der Waals surface area contributed by atoms with E-state index in [2.05, 4.69) is 10.6 Å². The molecule has 0 bridgehead atoms. The highest BCUT2D eigenvalue weighted by Gasteiger charge is 2.19. The zero-order chi connectivity index (χ0) is 17.1. The Balaban J connectivity index is 1.55. The second-order valence-electron chi connectivity index (χ2n) is 5.71. The SMILES string of the molecule is C[C@@H](NC(=O)CSc1ccc(O)cc1)c1ccc2c(c1)CC(=O)N2. The minimum Gasteiger partial charge on any atom is -0.508 e. The topological polar surface area (TPSA) is 78.4 Å². The molecule has 0 saturated heterocycles. The summed E-state index contributed by atoms with van der Waals surface area (Å²) in [6.07, 6.45) is 0.389. The van der Waals surface area contributed by atoms with E-state index in [4.69, 9.17) is 0 Å². The van der Waals surface area contributed by atoms with Crippen molar-refractivity contribution in [3.05, 3.63) is 53.6 Å². The zero-order valence-corrected chi connectivity index (χ0v) is 14.0. The van der Waals surface area contributed by atoms with E-state index >= 15 is 0 Å². The van der Waals surface area contributed by atoms with Crippen LogP contribution >= 0.6 is 11.8 Å². The van der Waals surface area contributed by atoms with E-state index in [1.807, 2.05) is 25.1 Å². The summed E-state index contributed by atoms with van der Waals surface area (Å²) in [4.78, 5) is 24.4. The third-order valence-corrected chi connectivity index (χ3v) is 4.85. The lowest BCUT2D eigenvalue weighted by atomic mass is 10.0. The van der Waals surface area contributed by atoms with E-state index in [0.717, 1.165) is 21.7 Å². The van der Waals surface area contributed by atoms with Crippen molar-refractivity contribution in [3.8, 4) is 5.75 Å². The van der Waals surface area contributed by atoms with Crippen molar-refractivity contribution in [2.75, 3.05) is 11.1 Å². The van der Waals surface area contributed by atoms with Crippen LogP contribution in [0.15, 0.2) is 47.4 Å². The van der Waals surface area contributed by atoms with Crippen molar-refractivity contribution < 1.29 is 14.7 Å². The first-order chi connectivity index (χ1) is 11.5. The molecule has 1 atom stereocenters. The third-order valence-electron chi connectivity index (χ3n) is 3.84. The van der Waals surface area contributed by atoms with E-state index in [9.17, 15) is 14.7 Å². The largest absolute Gasteiger partial charge is 0.508 e. The Labute approximate surface area is 144 Å². The Morgan fingerprint density at radius 1 is 1.29 bits per heavy atom. The van der Waals surface area contributed by atoms with Crippen LogP contribution in [0.2, 0.25) is 0 Å². The van der Waals surface area contributed by atoms with E-state index in [-0.39, 0.29) is 23.6 Å². The number of phenolic OH excluding ortho intramolecular Hbond substituents is 1. The van der Waals surface area contributed by atoms with Crippen LogP contribution in [0.1, 0.15) is 24.1 Å². The minimum absolute atomic E-state index is 0.00383. The highest BCUT2D eigenvalue weighted by atomic mass is 32.2. The average Bonchev–Trinajstić information content (AvgIpc) is 2.93. The van der Waals surface area contributed by atoms with E-state index in [1.165, 1.54) is 11.8 Å². The molecule has 1 aliphatic heterocycles. The summed E-state index contributed by atoms with van der Waals surface area (Å²) in [7, 11) is 0. The van der Waals surface area contributed by atoms with Crippen molar-refractivity contribution >= 4 is 29.3 Å². The van der Waals surface area contributed by atoms with Gasteiger partial charge in [-0.3, -0.25) is 9.59 Å². The molecule has 0 aliphatic carbocycles. The number of carbonyl (C=O) groups is 2. The number of nitrogens with one attached hydrogen (secondary N) is 2. The Bertz CT molecular complexity index is 774. The first-order valence-electron chi connectivity index (χ1n) is 7.65. The van der Waals surface area contributed by atoms with Gasteiger partial charge in [-0.05, 0) is 48.4 Å². The first-order valence-corrected chi connectivity index (χ1v) is 8.64. The molecule has 0 aromatic heterocycles. The molecule has 5 nitrogen and oxygen atoms in total. The molecule has 0 unspecified atom stereocenters.